The molecule has 0 fully saturated rings. The molecule has 38 heavy (non-hydrogen) atoms. The molecule has 0 aliphatic rings. The Hall–Kier alpha value is -3.53. The first-order valence-corrected chi connectivity index (χ1v) is 13.7. The Morgan fingerprint density at radius 1 is 1.03 bits per heavy atom. The third-order valence-electron chi connectivity index (χ3n) is 5.89. The fraction of sp³-hybridized carbons (Fsp3) is 0.185. The van der Waals surface area contributed by atoms with E-state index in [1.54, 1.807) is 42.5 Å². The molecular formula is C27H24Cl2N2O6S. The zero-order chi connectivity index (χ0) is 27.6. The summed E-state index contributed by atoms with van der Waals surface area (Å²) < 4.78 is 38.8. The van der Waals surface area contributed by atoms with E-state index in [1.807, 2.05) is 13.8 Å². The fourth-order valence-corrected chi connectivity index (χ4v) is 5.58. The molecule has 198 valence electrons. The first-order valence-electron chi connectivity index (χ1n) is 11.5. The van der Waals surface area contributed by atoms with Gasteiger partial charge in [-0.15, -0.1) is 0 Å². The van der Waals surface area contributed by atoms with Crippen LogP contribution in [0.4, 0.5) is 5.69 Å². The molecule has 0 radical (unpaired) electrons. The average molecular weight is 575 g/mol. The van der Waals surface area contributed by atoms with Gasteiger partial charge in [-0.05, 0) is 60.7 Å². The molecule has 8 nitrogen and oxygen atoms in total. The summed E-state index contributed by atoms with van der Waals surface area (Å²) in [4.78, 5) is 11.0. The van der Waals surface area contributed by atoms with Crippen LogP contribution >= 0.6 is 23.2 Å². The van der Waals surface area contributed by atoms with Crippen molar-refractivity contribution >= 4 is 44.9 Å². The molecule has 0 saturated heterocycles. The van der Waals surface area contributed by atoms with Gasteiger partial charge in [0.2, 0.25) is 0 Å². The summed E-state index contributed by atoms with van der Waals surface area (Å²) in [7, 11) is -2.48. The lowest BCUT2D eigenvalue weighted by molar-refractivity contribution is 0.0696. The van der Waals surface area contributed by atoms with Crippen LogP contribution in [-0.2, 0) is 16.6 Å². The Kier molecular flexibility index (Phi) is 8.01. The van der Waals surface area contributed by atoms with E-state index in [0.717, 1.165) is 4.31 Å². The van der Waals surface area contributed by atoms with Gasteiger partial charge < -0.3 is 14.4 Å². The van der Waals surface area contributed by atoms with Gasteiger partial charge in [-0.1, -0.05) is 48.3 Å². The molecule has 1 N–H and O–H groups in total. The Labute approximate surface area is 230 Å². The van der Waals surface area contributed by atoms with Gasteiger partial charge in [0.15, 0.2) is 0 Å². The number of aromatic nitrogens is 1. The third kappa shape index (κ3) is 5.50. The van der Waals surface area contributed by atoms with E-state index in [4.69, 9.17) is 37.6 Å². The number of sulfonamides is 1. The van der Waals surface area contributed by atoms with Crippen molar-refractivity contribution in [2.24, 2.45) is 0 Å². The van der Waals surface area contributed by atoms with Crippen molar-refractivity contribution in [2.45, 2.75) is 31.3 Å². The molecule has 0 bridgehead atoms. The predicted molar refractivity (Wildman–Crippen MR) is 146 cm³/mol. The predicted octanol–water partition coefficient (Wildman–Crippen LogP) is 6.87. The number of carboxylic acids is 1. The highest BCUT2D eigenvalue weighted by Crippen LogP contribution is 2.39. The molecule has 0 aliphatic carbocycles. The monoisotopic (exact) mass is 574 g/mol. The van der Waals surface area contributed by atoms with Crippen molar-refractivity contribution in [3.63, 3.8) is 0 Å². The first kappa shape index (κ1) is 27.5. The smallest absolute Gasteiger partial charge is 0.335 e. The second-order valence-electron chi connectivity index (χ2n) is 8.71. The van der Waals surface area contributed by atoms with Crippen molar-refractivity contribution in [1.82, 2.24) is 5.16 Å². The molecule has 0 amide bonds. The molecule has 1 heterocycles. The summed E-state index contributed by atoms with van der Waals surface area (Å²) in [5.74, 6) is 0.0402. The van der Waals surface area contributed by atoms with Crippen LogP contribution in [-0.4, -0.2) is 31.7 Å². The van der Waals surface area contributed by atoms with Crippen molar-refractivity contribution in [1.29, 1.82) is 0 Å². The third-order valence-corrected chi connectivity index (χ3v) is 8.32. The van der Waals surface area contributed by atoms with E-state index in [-0.39, 0.29) is 23.0 Å². The molecule has 0 unspecified atom stereocenters. The maximum atomic E-state index is 13.0. The second-order valence-corrected chi connectivity index (χ2v) is 11.5. The van der Waals surface area contributed by atoms with Crippen LogP contribution in [0.1, 0.15) is 41.4 Å². The van der Waals surface area contributed by atoms with Crippen molar-refractivity contribution in [2.75, 3.05) is 11.4 Å². The molecule has 3 aromatic carbocycles. The number of carbonyl (C=O) groups is 1. The van der Waals surface area contributed by atoms with Gasteiger partial charge in [-0.2, -0.15) is 0 Å². The van der Waals surface area contributed by atoms with Crippen molar-refractivity contribution in [3.05, 3.63) is 93.7 Å². The molecule has 0 atom stereocenters. The first-order chi connectivity index (χ1) is 18.0. The quantitative estimate of drug-likeness (QED) is 0.232. The molecule has 0 saturated carbocycles. The summed E-state index contributed by atoms with van der Waals surface area (Å²) in [6.07, 6.45) is 0. The van der Waals surface area contributed by atoms with Crippen LogP contribution < -0.4 is 9.04 Å². The number of carboxylic acid groups (broad SMARTS) is 1. The van der Waals surface area contributed by atoms with Crippen molar-refractivity contribution in [3.8, 4) is 17.0 Å². The van der Waals surface area contributed by atoms with Gasteiger partial charge >= 0.3 is 5.97 Å². The number of ether oxygens (including phenoxy) is 1. The van der Waals surface area contributed by atoms with Crippen LogP contribution in [0.15, 0.2) is 76.1 Å². The summed E-state index contributed by atoms with van der Waals surface area (Å²) in [5.41, 5.74) is 2.17. The van der Waals surface area contributed by atoms with Crippen molar-refractivity contribution < 1.29 is 27.6 Å². The minimum absolute atomic E-state index is 0.00140. The average Bonchev–Trinajstić information content (AvgIpc) is 3.31. The number of hydrogen-bond acceptors (Lipinski definition) is 6. The molecule has 0 spiro atoms. The van der Waals surface area contributed by atoms with E-state index >= 15 is 0 Å². The van der Waals surface area contributed by atoms with Gasteiger partial charge in [0.25, 0.3) is 10.0 Å². The Morgan fingerprint density at radius 2 is 1.63 bits per heavy atom. The molecule has 4 rings (SSSR count). The van der Waals surface area contributed by atoms with Crippen LogP contribution in [0.25, 0.3) is 11.3 Å². The number of aromatic carboxylic acids is 1. The van der Waals surface area contributed by atoms with E-state index in [9.17, 15) is 13.2 Å². The SMILES string of the molecule is CC(C)c1onc(-c2c(Cl)cccc2Cl)c1COc1ccc(N(C)S(=O)(=O)c2ccc(C(=O)O)cc2)cc1. The summed E-state index contributed by atoms with van der Waals surface area (Å²) in [6, 6.07) is 16.8. The minimum Gasteiger partial charge on any atom is -0.489 e. The molecule has 4 aromatic rings. The maximum Gasteiger partial charge on any atom is 0.335 e. The van der Waals surface area contributed by atoms with Crippen LogP contribution in [0.3, 0.4) is 0 Å². The molecule has 0 aliphatic heterocycles. The maximum absolute atomic E-state index is 13.0. The zero-order valence-electron chi connectivity index (χ0n) is 20.7. The van der Waals surface area contributed by atoms with Gasteiger partial charge in [0.05, 0.1) is 31.8 Å². The number of halogens is 2. The summed E-state index contributed by atoms with van der Waals surface area (Å²) in [5, 5.41) is 14.1. The van der Waals surface area contributed by atoms with Gasteiger partial charge in [0, 0.05) is 18.5 Å². The highest BCUT2D eigenvalue weighted by Gasteiger charge is 2.24. The van der Waals surface area contributed by atoms with E-state index in [0.29, 0.717) is 44.1 Å². The Morgan fingerprint density at radius 3 is 2.18 bits per heavy atom. The minimum atomic E-state index is -3.90. The van der Waals surface area contributed by atoms with Crippen LogP contribution in [0, 0.1) is 0 Å². The number of anilines is 1. The van der Waals surface area contributed by atoms with E-state index in [1.165, 1.54) is 31.3 Å². The molecule has 1 aromatic heterocycles. The lowest BCUT2D eigenvalue weighted by atomic mass is 10.0. The standard InChI is InChI=1S/C27H24Cl2N2O6S/c1-16(2)26-21(25(30-37-26)24-22(28)5-4-6-23(24)29)15-36-19-11-9-18(10-12-19)31(3)38(34,35)20-13-7-17(8-14-20)27(32)33/h4-14,16H,15H2,1-3H3,(H,32,33). The topological polar surface area (TPSA) is 110 Å². The summed E-state index contributed by atoms with van der Waals surface area (Å²) >= 11 is 12.8. The Balaban J connectivity index is 1.54. The van der Waals surface area contributed by atoms with E-state index in [2.05, 4.69) is 5.16 Å². The van der Waals surface area contributed by atoms with E-state index < -0.39 is 16.0 Å². The zero-order valence-corrected chi connectivity index (χ0v) is 23.0. The second kappa shape index (κ2) is 11.1. The van der Waals surface area contributed by atoms with Gasteiger partial charge in [0.1, 0.15) is 23.8 Å². The summed E-state index contributed by atoms with van der Waals surface area (Å²) in [6.45, 7) is 4.07. The lowest BCUT2D eigenvalue weighted by Crippen LogP contribution is -2.26. The van der Waals surface area contributed by atoms with Gasteiger partial charge in [-0.25, -0.2) is 13.2 Å². The lowest BCUT2D eigenvalue weighted by Gasteiger charge is -2.20. The number of benzene rings is 3. The van der Waals surface area contributed by atoms with Crippen LogP contribution in [0.2, 0.25) is 10.0 Å². The number of hydrogen-bond donors (Lipinski definition) is 1. The molecule has 11 heteroatoms. The van der Waals surface area contributed by atoms with Gasteiger partial charge in [-0.3, -0.25) is 4.31 Å². The largest absolute Gasteiger partial charge is 0.489 e. The number of nitrogens with zero attached hydrogens (tertiary/aromatic N) is 2. The Bertz CT molecular complexity index is 1550. The normalized spacial score (nSPS) is 11.5. The van der Waals surface area contributed by atoms with Crippen LogP contribution in [0.5, 0.6) is 5.75 Å². The molecular weight excluding hydrogens is 551 g/mol. The highest BCUT2D eigenvalue weighted by atomic mass is 35.5. The fourth-order valence-electron chi connectivity index (χ4n) is 3.81. The number of rotatable bonds is 9. The highest BCUT2D eigenvalue weighted by molar-refractivity contribution is 7.92.